The van der Waals surface area contributed by atoms with Crippen LogP contribution in [0.1, 0.15) is 17.2 Å². The highest BCUT2D eigenvalue weighted by atomic mass is 16.5. The van der Waals surface area contributed by atoms with Crippen LogP contribution in [0.4, 0.5) is 5.69 Å². The van der Waals surface area contributed by atoms with Crippen LogP contribution >= 0.6 is 0 Å². The van der Waals surface area contributed by atoms with E-state index in [0.717, 1.165) is 41.2 Å². The molecule has 0 aliphatic carbocycles. The molecule has 2 aliphatic heterocycles. The Morgan fingerprint density at radius 3 is 2.31 bits per heavy atom. The van der Waals surface area contributed by atoms with Crippen LogP contribution in [-0.4, -0.2) is 55.2 Å². The SMILES string of the molecule is COc1cc(/C=C2\CN(C)CC3C2=NN(c2ccccc2)C3c2ccc(O)c(OC)c2)ccc1O. The molecule has 5 rings (SSSR count). The number of hydrogen-bond acceptors (Lipinski definition) is 7. The Balaban J connectivity index is 1.62. The molecule has 0 bridgehead atoms. The molecule has 180 valence electrons. The summed E-state index contributed by atoms with van der Waals surface area (Å²) in [6, 6.07) is 21.0. The van der Waals surface area contributed by atoms with Gasteiger partial charge in [-0.1, -0.05) is 30.3 Å². The molecule has 2 aliphatic rings. The molecular weight excluding hydrogens is 442 g/mol. The first-order valence-electron chi connectivity index (χ1n) is 11.5. The lowest BCUT2D eigenvalue weighted by molar-refractivity contribution is 0.302. The molecule has 2 atom stereocenters. The Hall–Kier alpha value is -3.97. The Bertz CT molecular complexity index is 1290. The van der Waals surface area contributed by atoms with Gasteiger partial charge in [0.15, 0.2) is 23.0 Å². The van der Waals surface area contributed by atoms with E-state index >= 15 is 0 Å². The summed E-state index contributed by atoms with van der Waals surface area (Å²) in [5.74, 6) is 1.22. The summed E-state index contributed by atoms with van der Waals surface area (Å²) in [4.78, 5) is 2.30. The number of benzene rings is 3. The monoisotopic (exact) mass is 471 g/mol. The van der Waals surface area contributed by atoms with E-state index in [0.29, 0.717) is 11.5 Å². The van der Waals surface area contributed by atoms with Crippen molar-refractivity contribution in [3.63, 3.8) is 0 Å². The summed E-state index contributed by atoms with van der Waals surface area (Å²) >= 11 is 0. The molecule has 0 spiro atoms. The maximum atomic E-state index is 10.2. The van der Waals surface area contributed by atoms with Gasteiger partial charge >= 0.3 is 0 Å². The van der Waals surface area contributed by atoms with Gasteiger partial charge < -0.3 is 24.6 Å². The lowest BCUT2D eigenvalue weighted by Gasteiger charge is -2.34. The number of aromatic hydroxyl groups is 2. The zero-order chi connectivity index (χ0) is 24.5. The molecule has 3 aromatic rings. The number of hydrogen-bond donors (Lipinski definition) is 2. The summed E-state index contributed by atoms with van der Waals surface area (Å²) in [6.45, 7) is 1.60. The van der Waals surface area contributed by atoms with Gasteiger partial charge in [0.25, 0.3) is 0 Å². The number of fused-ring (bicyclic) bond motifs is 1. The number of piperidine rings is 1. The van der Waals surface area contributed by atoms with E-state index in [2.05, 4.69) is 35.2 Å². The maximum Gasteiger partial charge on any atom is 0.161 e. The van der Waals surface area contributed by atoms with E-state index < -0.39 is 0 Å². The normalized spacial score (nSPS) is 21.1. The quantitative estimate of drug-likeness (QED) is 0.563. The lowest BCUT2D eigenvalue weighted by Crippen LogP contribution is -2.41. The van der Waals surface area contributed by atoms with Crippen molar-refractivity contribution in [2.45, 2.75) is 6.04 Å². The molecule has 2 N–H and O–H groups in total. The van der Waals surface area contributed by atoms with E-state index in [1.54, 1.807) is 26.4 Å². The first kappa shape index (κ1) is 22.8. The van der Waals surface area contributed by atoms with Crippen LogP contribution in [0.5, 0.6) is 23.0 Å². The molecular formula is C28H29N3O4. The smallest absolute Gasteiger partial charge is 0.161 e. The summed E-state index contributed by atoms with van der Waals surface area (Å²) in [5, 5.41) is 27.4. The number of anilines is 1. The first-order chi connectivity index (χ1) is 17.0. The minimum atomic E-state index is -0.0672. The fourth-order valence-electron chi connectivity index (χ4n) is 4.99. The number of nitrogens with zero attached hydrogens (tertiary/aromatic N) is 3. The number of phenolic OH excluding ortho intramolecular Hbond substituents is 2. The molecule has 0 amide bonds. The lowest BCUT2D eigenvalue weighted by atomic mass is 9.83. The average molecular weight is 472 g/mol. The van der Waals surface area contributed by atoms with Crippen molar-refractivity contribution in [3.05, 3.63) is 83.4 Å². The Labute approximate surface area is 205 Å². The van der Waals surface area contributed by atoms with Crippen molar-refractivity contribution in [2.24, 2.45) is 11.0 Å². The third kappa shape index (κ3) is 4.31. The van der Waals surface area contributed by atoms with Gasteiger partial charge in [-0.3, -0.25) is 5.01 Å². The molecule has 35 heavy (non-hydrogen) atoms. The standard InChI is InChI=1S/C28H29N3O4/c1-30-16-20(13-18-9-11-23(32)25(14-18)34-2)27-22(17-30)28(19-10-12-24(33)26(15-19)35-3)31(29-27)21-7-5-4-6-8-21/h4-15,22,28,32-33H,16-17H2,1-3H3/b20-13+. The van der Waals surface area contributed by atoms with Crippen molar-refractivity contribution < 1.29 is 19.7 Å². The molecule has 7 heteroatoms. The number of likely N-dealkylation sites (tertiary alicyclic amines) is 1. The first-order valence-corrected chi connectivity index (χ1v) is 11.5. The summed E-state index contributed by atoms with van der Waals surface area (Å²) < 4.78 is 10.7. The van der Waals surface area contributed by atoms with Gasteiger partial charge in [0.2, 0.25) is 0 Å². The summed E-state index contributed by atoms with van der Waals surface area (Å²) in [7, 11) is 5.22. The van der Waals surface area contributed by atoms with Crippen molar-refractivity contribution in [2.75, 3.05) is 39.4 Å². The zero-order valence-corrected chi connectivity index (χ0v) is 20.0. The van der Waals surface area contributed by atoms with E-state index in [-0.39, 0.29) is 23.5 Å². The fourth-order valence-corrected chi connectivity index (χ4v) is 4.99. The third-order valence-electron chi connectivity index (χ3n) is 6.60. The average Bonchev–Trinajstić information content (AvgIpc) is 3.25. The van der Waals surface area contributed by atoms with Gasteiger partial charge in [0.1, 0.15) is 0 Å². The molecule has 0 saturated carbocycles. The number of ether oxygens (including phenoxy) is 2. The van der Waals surface area contributed by atoms with Crippen molar-refractivity contribution in [3.8, 4) is 23.0 Å². The van der Waals surface area contributed by atoms with Gasteiger partial charge in [-0.05, 0) is 66.2 Å². The second-order valence-electron chi connectivity index (χ2n) is 8.95. The molecule has 7 nitrogen and oxygen atoms in total. The van der Waals surface area contributed by atoms with Crippen LogP contribution in [0.25, 0.3) is 6.08 Å². The van der Waals surface area contributed by atoms with Gasteiger partial charge in [-0.25, -0.2) is 0 Å². The van der Waals surface area contributed by atoms with Crippen LogP contribution in [-0.2, 0) is 0 Å². The van der Waals surface area contributed by atoms with Crippen LogP contribution in [0, 0.1) is 5.92 Å². The maximum absolute atomic E-state index is 10.2. The predicted molar refractivity (Wildman–Crippen MR) is 137 cm³/mol. The topological polar surface area (TPSA) is 77.8 Å². The third-order valence-corrected chi connectivity index (χ3v) is 6.60. The number of phenols is 2. The molecule has 0 radical (unpaired) electrons. The van der Waals surface area contributed by atoms with E-state index in [1.807, 2.05) is 42.5 Å². The van der Waals surface area contributed by atoms with Gasteiger partial charge in [-0.15, -0.1) is 0 Å². The number of rotatable bonds is 5. The second kappa shape index (κ2) is 9.35. The molecule has 3 aromatic carbocycles. The Morgan fingerprint density at radius 1 is 0.914 bits per heavy atom. The summed E-state index contributed by atoms with van der Waals surface area (Å²) in [6.07, 6.45) is 2.12. The zero-order valence-electron chi connectivity index (χ0n) is 20.0. The Kier molecular flexibility index (Phi) is 6.09. The second-order valence-corrected chi connectivity index (χ2v) is 8.95. The molecule has 2 heterocycles. The van der Waals surface area contributed by atoms with Crippen LogP contribution in [0.3, 0.4) is 0 Å². The minimum Gasteiger partial charge on any atom is -0.504 e. The van der Waals surface area contributed by atoms with Gasteiger partial charge in [0, 0.05) is 19.0 Å². The Morgan fingerprint density at radius 2 is 1.60 bits per heavy atom. The van der Waals surface area contributed by atoms with Gasteiger partial charge in [-0.2, -0.15) is 5.10 Å². The highest BCUT2D eigenvalue weighted by Crippen LogP contribution is 2.44. The van der Waals surface area contributed by atoms with Crippen LogP contribution in [0.2, 0.25) is 0 Å². The van der Waals surface area contributed by atoms with Crippen LogP contribution < -0.4 is 14.5 Å². The predicted octanol–water partition coefficient (Wildman–Crippen LogP) is 4.68. The van der Waals surface area contributed by atoms with E-state index in [1.165, 1.54) is 0 Å². The summed E-state index contributed by atoms with van der Waals surface area (Å²) in [5.41, 5.74) is 5.11. The number of methoxy groups -OCH3 is 2. The molecule has 0 aromatic heterocycles. The largest absolute Gasteiger partial charge is 0.504 e. The molecule has 1 fully saturated rings. The number of hydrazone groups is 1. The number of para-hydroxylation sites is 1. The van der Waals surface area contributed by atoms with E-state index in [4.69, 9.17) is 14.6 Å². The fraction of sp³-hybridized carbons (Fsp3) is 0.250. The highest BCUT2D eigenvalue weighted by molar-refractivity contribution is 6.09. The van der Waals surface area contributed by atoms with Crippen molar-refractivity contribution in [1.29, 1.82) is 0 Å². The molecule has 2 unspecified atom stereocenters. The van der Waals surface area contributed by atoms with Crippen molar-refractivity contribution >= 4 is 17.5 Å². The van der Waals surface area contributed by atoms with E-state index in [9.17, 15) is 10.2 Å². The number of likely N-dealkylation sites (N-methyl/N-ethyl adjacent to an activating group) is 1. The van der Waals surface area contributed by atoms with Gasteiger partial charge in [0.05, 0.1) is 31.7 Å². The molecule has 1 saturated heterocycles. The van der Waals surface area contributed by atoms with Crippen LogP contribution in [0.15, 0.2) is 77.4 Å². The minimum absolute atomic E-state index is 0.0672. The van der Waals surface area contributed by atoms with Crippen molar-refractivity contribution in [1.82, 2.24) is 4.90 Å². The highest BCUT2D eigenvalue weighted by Gasteiger charge is 2.43.